The van der Waals surface area contributed by atoms with E-state index in [-0.39, 0.29) is 0 Å². The number of aromatic nitrogens is 1. The Balaban J connectivity index is 1.47. The molecule has 0 N–H and O–H groups in total. The minimum absolute atomic E-state index is 0.295. The molecule has 3 aromatic rings. The molecule has 0 amide bonds. The molecule has 0 unspecified atom stereocenters. The Bertz CT molecular complexity index is 1110. The summed E-state index contributed by atoms with van der Waals surface area (Å²) in [7, 11) is -1.94. The summed E-state index contributed by atoms with van der Waals surface area (Å²) in [5.41, 5.74) is 4.59. The van der Waals surface area contributed by atoms with Crippen molar-refractivity contribution in [3.63, 3.8) is 0 Å². The van der Waals surface area contributed by atoms with Crippen LogP contribution in [-0.4, -0.2) is 51.0 Å². The van der Waals surface area contributed by atoms with E-state index in [1.807, 2.05) is 0 Å². The minimum atomic E-state index is -3.51. The van der Waals surface area contributed by atoms with Gasteiger partial charge in [0.15, 0.2) is 5.13 Å². The van der Waals surface area contributed by atoms with Crippen molar-refractivity contribution in [3.8, 4) is 17.0 Å². The Morgan fingerprint density at radius 2 is 1.60 bits per heavy atom. The summed E-state index contributed by atoms with van der Waals surface area (Å²) in [6.07, 6.45) is 0. The fraction of sp³-hybridized carbons (Fsp3) is 0.318. The van der Waals surface area contributed by atoms with Crippen LogP contribution < -0.4 is 9.64 Å². The third kappa shape index (κ3) is 3.95. The Kier molecular flexibility index (Phi) is 5.81. The molecule has 1 aromatic heterocycles. The highest BCUT2D eigenvalue weighted by Crippen LogP contribution is 2.32. The van der Waals surface area contributed by atoms with E-state index in [2.05, 4.69) is 42.3 Å². The van der Waals surface area contributed by atoms with Gasteiger partial charge >= 0.3 is 0 Å². The fourth-order valence-electron chi connectivity index (χ4n) is 3.76. The van der Waals surface area contributed by atoms with Crippen LogP contribution in [0, 0.1) is 13.8 Å². The normalized spacial score (nSPS) is 15.4. The second kappa shape index (κ2) is 8.37. The maximum absolute atomic E-state index is 12.9. The Morgan fingerprint density at radius 1 is 0.967 bits per heavy atom. The lowest BCUT2D eigenvalue weighted by Gasteiger charge is -2.33. The first kappa shape index (κ1) is 20.8. The number of rotatable bonds is 5. The van der Waals surface area contributed by atoms with E-state index < -0.39 is 10.0 Å². The van der Waals surface area contributed by atoms with E-state index >= 15 is 0 Å². The zero-order valence-corrected chi connectivity index (χ0v) is 19.0. The minimum Gasteiger partial charge on any atom is -0.497 e. The molecule has 0 atom stereocenters. The topological polar surface area (TPSA) is 62.7 Å². The van der Waals surface area contributed by atoms with Gasteiger partial charge in [-0.1, -0.05) is 18.2 Å². The predicted octanol–water partition coefficient (Wildman–Crippen LogP) is 3.95. The van der Waals surface area contributed by atoms with Crippen LogP contribution in [0.1, 0.15) is 11.1 Å². The zero-order chi connectivity index (χ0) is 21.3. The van der Waals surface area contributed by atoms with Crippen molar-refractivity contribution in [3.05, 3.63) is 59.0 Å². The van der Waals surface area contributed by atoms with Gasteiger partial charge < -0.3 is 9.64 Å². The zero-order valence-electron chi connectivity index (χ0n) is 17.3. The van der Waals surface area contributed by atoms with Gasteiger partial charge in [0, 0.05) is 37.1 Å². The Hall–Kier alpha value is -2.42. The molecule has 2 aromatic carbocycles. The van der Waals surface area contributed by atoms with Gasteiger partial charge in [-0.2, -0.15) is 4.31 Å². The number of benzene rings is 2. The van der Waals surface area contributed by atoms with Crippen molar-refractivity contribution < 1.29 is 13.2 Å². The summed E-state index contributed by atoms with van der Waals surface area (Å²) in [5.74, 6) is 0.641. The molecule has 1 fully saturated rings. The number of hydrogen-bond donors (Lipinski definition) is 0. The lowest BCUT2D eigenvalue weighted by Crippen LogP contribution is -2.48. The molecule has 4 rings (SSSR count). The number of ether oxygens (including phenoxy) is 1. The van der Waals surface area contributed by atoms with Crippen molar-refractivity contribution in [2.45, 2.75) is 18.7 Å². The molecule has 0 bridgehead atoms. The van der Waals surface area contributed by atoms with Gasteiger partial charge in [-0.25, -0.2) is 13.4 Å². The number of thiazole rings is 1. The standard InChI is InChI=1S/C22H25N3O3S2/c1-16-5-4-6-17(2)21(16)20-15-29-22(23-20)24-11-13-25(14-12-24)30(26,27)19-9-7-18(28-3)8-10-19/h4-10,15H,11-14H2,1-3H3. The third-order valence-electron chi connectivity index (χ3n) is 5.44. The van der Waals surface area contributed by atoms with Crippen LogP contribution in [0.2, 0.25) is 0 Å². The summed E-state index contributed by atoms with van der Waals surface area (Å²) < 4.78 is 32.6. The lowest BCUT2D eigenvalue weighted by molar-refractivity contribution is 0.384. The van der Waals surface area contributed by atoms with Gasteiger partial charge in [0.1, 0.15) is 5.75 Å². The SMILES string of the molecule is COc1ccc(S(=O)(=O)N2CCN(c3nc(-c4c(C)cccc4C)cs3)CC2)cc1. The first-order valence-electron chi connectivity index (χ1n) is 9.81. The Labute approximate surface area is 181 Å². The van der Waals surface area contributed by atoms with Crippen molar-refractivity contribution in [2.24, 2.45) is 0 Å². The van der Waals surface area contributed by atoms with E-state index in [1.54, 1.807) is 47.0 Å². The average Bonchev–Trinajstić information content (AvgIpc) is 3.23. The van der Waals surface area contributed by atoms with E-state index in [9.17, 15) is 8.42 Å². The van der Waals surface area contributed by atoms with Crippen molar-refractivity contribution in [1.82, 2.24) is 9.29 Å². The lowest BCUT2D eigenvalue weighted by atomic mass is 10.0. The number of aryl methyl sites for hydroxylation is 2. The molecule has 0 spiro atoms. The van der Waals surface area contributed by atoms with Crippen LogP contribution in [0.5, 0.6) is 5.75 Å². The van der Waals surface area contributed by atoms with E-state index in [1.165, 1.54) is 16.7 Å². The molecule has 1 aliphatic rings. The van der Waals surface area contributed by atoms with E-state index in [0.29, 0.717) is 36.8 Å². The first-order chi connectivity index (χ1) is 14.4. The maximum Gasteiger partial charge on any atom is 0.243 e. The number of methoxy groups -OCH3 is 1. The molecular formula is C22H25N3O3S2. The van der Waals surface area contributed by atoms with Crippen LogP contribution in [0.15, 0.2) is 52.7 Å². The number of hydrogen-bond acceptors (Lipinski definition) is 6. The summed E-state index contributed by atoms with van der Waals surface area (Å²) >= 11 is 1.61. The largest absolute Gasteiger partial charge is 0.497 e. The number of anilines is 1. The molecule has 1 aliphatic heterocycles. The fourth-order valence-corrected chi connectivity index (χ4v) is 6.05. The van der Waals surface area contributed by atoms with Crippen LogP contribution >= 0.6 is 11.3 Å². The second-order valence-electron chi connectivity index (χ2n) is 7.35. The molecule has 0 aliphatic carbocycles. The molecule has 6 nitrogen and oxygen atoms in total. The van der Waals surface area contributed by atoms with Crippen LogP contribution in [0.4, 0.5) is 5.13 Å². The number of piperazine rings is 1. The molecule has 0 radical (unpaired) electrons. The maximum atomic E-state index is 12.9. The summed E-state index contributed by atoms with van der Waals surface area (Å²) in [6, 6.07) is 12.8. The molecule has 0 saturated carbocycles. The highest BCUT2D eigenvalue weighted by Gasteiger charge is 2.29. The van der Waals surface area contributed by atoms with Crippen LogP contribution in [0.3, 0.4) is 0 Å². The van der Waals surface area contributed by atoms with Crippen molar-refractivity contribution in [2.75, 3.05) is 38.2 Å². The second-order valence-corrected chi connectivity index (χ2v) is 10.1. The highest BCUT2D eigenvalue weighted by atomic mass is 32.2. The van der Waals surface area contributed by atoms with Gasteiger partial charge in [-0.15, -0.1) is 11.3 Å². The van der Waals surface area contributed by atoms with Crippen molar-refractivity contribution >= 4 is 26.5 Å². The average molecular weight is 444 g/mol. The molecule has 1 saturated heterocycles. The quantitative estimate of drug-likeness (QED) is 0.598. The van der Waals surface area contributed by atoms with Crippen LogP contribution in [0.25, 0.3) is 11.3 Å². The molecule has 30 heavy (non-hydrogen) atoms. The smallest absolute Gasteiger partial charge is 0.243 e. The monoisotopic (exact) mass is 443 g/mol. The Morgan fingerprint density at radius 3 is 2.20 bits per heavy atom. The third-order valence-corrected chi connectivity index (χ3v) is 8.25. The van der Waals surface area contributed by atoms with E-state index in [4.69, 9.17) is 9.72 Å². The van der Waals surface area contributed by atoms with Gasteiger partial charge in [0.05, 0.1) is 17.7 Å². The molecular weight excluding hydrogens is 418 g/mol. The number of nitrogens with zero attached hydrogens (tertiary/aromatic N) is 3. The van der Waals surface area contributed by atoms with Gasteiger partial charge in [0.25, 0.3) is 0 Å². The molecule has 2 heterocycles. The highest BCUT2D eigenvalue weighted by molar-refractivity contribution is 7.89. The van der Waals surface area contributed by atoms with Gasteiger partial charge in [-0.3, -0.25) is 0 Å². The summed E-state index contributed by atoms with van der Waals surface area (Å²) in [6.45, 7) is 6.32. The van der Waals surface area contributed by atoms with Gasteiger partial charge in [-0.05, 0) is 49.2 Å². The van der Waals surface area contributed by atoms with Crippen molar-refractivity contribution in [1.29, 1.82) is 0 Å². The summed E-state index contributed by atoms with van der Waals surface area (Å²) in [5, 5.41) is 3.03. The van der Waals surface area contributed by atoms with Crippen LogP contribution in [-0.2, 0) is 10.0 Å². The summed E-state index contributed by atoms with van der Waals surface area (Å²) in [4.78, 5) is 7.32. The first-order valence-corrected chi connectivity index (χ1v) is 12.1. The molecule has 158 valence electrons. The van der Waals surface area contributed by atoms with E-state index in [0.717, 1.165) is 10.8 Å². The van der Waals surface area contributed by atoms with Gasteiger partial charge in [0.2, 0.25) is 10.0 Å². The molecule has 8 heteroatoms. The predicted molar refractivity (Wildman–Crippen MR) is 121 cm³/mol. The number of sulfonamides is 1.